The van der Waals surface area contributed by atoms with E-state index in [0.29, 0.717) is 22.5 Å². The number of amides is 2. The summed E-state index contributed by atoms with van der Waals surface area (Å²) in [4.78, 5) is 37.5. The second-order valence-electron chi connectivity index (χ2n) is 7.45. The van der Waals surface area contributed by atoms with Crippen LogP contribution in [-0.4, -0.2) is 45.8 Å². The number of esters is 1. The first-order valence-electron chi connectivity index (χ1n) is 10.0. The number of hydrogen-bond donors (Lipinski definition) is 1. The SMILES string of the molecule is COC(=O)C1=C(C)N(C)C(=O)N[C@H]1c1cn(-c2ccccc2)nc1-c1cccc([N+](=O)[O-])c1. The van der Waals surface area contributed by atoms with E-state index in [1.165, 1.54) is 24.1 Å². The predicted octanol–water partition coefficient (Wildman–Crippen LogP) is 3.59. The predicted molar refractivity (Wildman–Crippen MR) is 119 cm³/mol. The second-order valence-corrected chi connectivity index (χ2v) is 7.45. The number of aromatic nitrogens is 2. The molecule has 0 unspecified atom stereocenters. The Morgan fingerprint density at radius 2 is 1.91 bits per heavy atom. The van der Waals surface area contributed by atoms with E-state index in [-0.39, 0.29) is 11.3 Å². The zero-order valence-electron chi connectivity index (χ0n) is 18.2. The van der Waals surface area contributed by atoms with Crippen molar-refractivity contribution in [2.24, 2.45) is 0 Å². The standard InChI is InChI=1S/C23H21N5O5/c1-14-19(22(29)33-3)21(24-23(30)26(14)2)18-13-27(16-9-5-4-6-10-16)25-20(18)15-8-7-11-17(12-15)28(31)32/h4-13,21H,1-3H3,(H,24,30)/t21-/m0/s1. The highest BCUT2D eigenvalue weighted by atomic mass is 16.6. The Morgan fingerprint density at radius 3 is 2.58 bits per heavy atom. The van der Waals surface area contributed by atoms with E-state index >= 15 is 0 Å². The molecule has 2 heterocycles. The number of nitrogens with one attached hydrogen (secondary N) is 1. The molecule has 0 bridgehead atoms. The molecule has 0 spiro atoms. The maximum Gasteiger partial charge on any atom is 0.337 e. The van der Waals surface area contributed by atoms with Gasteiger partial charge >= 0.3 is 12.0 Å². The summed E-state index contributed by atoms with van der Waals surface area (Å²) in [6, 6.07) is 14.1. The monoisotopic (exact) mass is 447 g/mol. The third-order valence-corrected chi connectivity index (χ3v) is 5.56. The highest BCUT2D eigenvalue weighted by Gasteiger charge is 2.37. The van der Waals surface area contributed by atoms with Crippen molar-refractivity contribution in [3.05, 3.63) is 87.7 Å². The van der Waals surface area contributed by atoms with E-state index in [1.807, 2.05) is 30.3 Å². The van der Waals surface area contributed by atoms with E-state index in [4.69, 9.17) is 4.74 Å². The van der Waals surface area contributed by atoms with Crippen molar-refractivity contribution in [2.45, 2.75) is 13.0 Å². The maximum atomic E-state index is 12.7. The van der Waals surface area contributed by atoms with Crippen LogP contribution in [-0.2, 0) is 9.53 Å². The lowest BCUT2D eigenvalue weighted by Crippen LogP contribution is -2.46. The molecule has 33 heavy (non-hydrogen) atoms. The van der Waals surface area contributed by atoms with Crippen LogP contribution in [0.3, 0.4) is 0 Å². The zero-order chi connectivity index (χ0) is 23.7. The van der Waals surface area contributed by atoms with E-state index in [0.717, 1.165) is 5.69 Å². The molecule has 0 fully saturated rings. The number of nitrogens with zero attached hydrogens (tertiary/aromatic N) is 4. The third-order valence-electron chi connectivity index (χ3n) is 5.56. The Morgan fingerprint density at radius 1 is 1.18 bits per heavy atom. The zero-order valence-corrected chi connectivity index (χ0v) is 18.2. The van der Waals surface area contributed by atoms with Crippen LogP contribution in [0.15, 0.2) is 72.1 Å². The average Bonchev–Trinajstić information content (AvgIpc) is 3.28. The molecule has 1 aromatic heterocycles. The minimum absolute atomic E-state index is 0.0972. The van der Waals surface area contributed by atoms with Crippen LogP contribution in [0.2, 0.25) is 0 Å². The Hall–Kier alpha value is -4.47. The number of benzene rings is 2. The molecular weight excluding hydrogens is 426 g/mol. The number of para-hydroxylation sites is 1. The van der Waals surface area contributed by atoms with E-state index in [9.17, 15) is 19.7 Å². The maximum absolute atomic E-state index is 12.7. The smallest absolute Gasteiger partial charge is 0.337 e. The molecule has 10 nitrogen and oxygen atoms in total. The highest BCUT2D eigenvalue weighted by molar-refractivity contribution is 5.95. The Kier molecular flexibility index (Phi) is 5.65. The van der Waals surface area contributed by atoms with Gasteiger partial charge in [-0.2, -0.15) is 5.10 Å². The summed E-state index contributed by atoms with van der Waals surface area (Å²) in [6.07, 6.45) is 1.70. The van der Waals surface area contributed by atoms with Crippen molar-refractivity contribution in [2.75, 3.05) is 14.2 Å². The van der Waals surface area contributed by atoms with E-state index in [1.54, 1.807) is 37.0 Å². The lowest BCUT2D eigenvalue weighted by Gasteiger charge is -2.32. The van der Waals surface area contributed by atoms with Crippen molar-refractivity contribution < 1.29 is 19.2 Å². The summed E-state index contributed by atoms with van der Waals surface area (Å²) in [7, 11) is 2.82. The number of nitro groups is 1. The lowest BCUT2D eigenvalue weighted by molar-refractivity contribution is -0.384. The number of carbonyl (C=O) groups is 2. The van der Waals surface area contributed by atoms with Crippen molar-refractivity contribution >= 4 is 17.7 Å². The molecule has 3 aromatic rings. The summed E-state index contributed by atoms with van der Waals surface area (Å²) < 4.78 is 6.60. The normalized spacial score (nSPS) is 15.9. The number of urea groups is 1. The van der Waals surface area contributed by atoms with Crippen LogP contribution in [0.1, 0.15) is 18.5 Å². The number of ether oxygens (including phenoxy) is 1. The first-order valence-corrected chi connectivity index (χ1v) is 10.0. The van der Waals surface area contributed by atoms with Crippen molar-refractivity contribution in [3.63, 3.8) is 0 Å². The molecule has 10 heteroatoms. The minimum Gasteiger partial charge on any atom is -0.466 e. The number of hydrogen-bond acceptors (Lipinski definition) is 6. The first kappa shape index (κ1) is 21.8. The van der Waals surface area contributed by atoms with Gasteiger partial charge < -0.3 is 15.0 Å². The van der Waals surface area contributed by atoms with Gasteiger partial charge in [-0.1, -0.05) is 30.3 Å². The van der Waals surface area contributed by atoms with Crippen LogP contribution < -0.4 is 5.32 Å². The van der Waals surface area contributed by atoms with Gasteiger partial charge in [-0.3, -0.25) is 10.1 Å². The van der Waals surface area contributed by atoms with Crippen LogP contribution in [0.5, 0.6) is 0 Å². The van der Waals surface area contributed by atoms with Gasteiger partial charge in [0.1, 0.15) is 0 Å². The van der Waals surface area contributed by atoms with Crippen molar-refractivity contribution in [1.82, 2.24) is 20.0 Å². The Labute approximate surface area is 189 Å². The summed E-state index contributed by atoms with van der Waals surface area (Å²) in [5.74, 6) is -0.596. The highest BCUT2D eigenvalue weighted by Crippen LogP contribution is 2.37. The minimum atomic E-state index is -0.868. The Bertz CT molecular complexity index is 1280. The number of nitro benzene ring substituents is 1. The van der Waals surface area contributed by atoms with Crippen LogP contribution in [0.25, 0.3) is 16.9 Å². The van der Waals surface area contributed by atoms with E-state index < -0.39 is 23.0 Å². The molecule has 0 radical (unpaired) electrons. The van der Waals surface area contributed by atoms with Gasteiger partial charge in [0.25, 0.3) is 5.69 Å². The molecule has 1 aliphatic rings. The van der Waals surface area contributed by atoms with Gasteiger partial charge in [-0.25, -0.2) is 14.3 Å². The summed E-state index contributed by atoms with van der Waals surface area (Å²) in [6.45, 7) is 1.66. The number of non-ortho nitro benzene ring substituents is 1. The molecule has 1 aliphatic heterocycles. The fraction of sp³-hybridized carbons (Fsp3) is 0.174. The lowest BCUT2D eigenvalue weighted by atomic mass is 9.93. The number of rotatable bonds is 5. The largest absolute Gasteiger partial charge is 0.466 e. The number of allylic oxidation sites excluding steroid dienone is 1. The molecule has 1 N–H and O–H groups in total. The van der Waals surface area contributed by atoms with Crippen molar-refractivity contribution in [3.8, 4) is 16.9 Å². The van der Waals surface area contributed by atoms with Gasteiger partial charge in [0.15, 0.2) is 0 Å². The topological polar surface area (TPSA) is 120 Å². The van der Waals surface area contributed by atoms with Gasteiger partial charge in [-0.15, -0.1) is 0 Å². The summed E-state index contributed by atoms with van der Waals surface area (Å²) in [5, 5.41) is 18.8. The van der Waals surface area contributed by atoms with Crippen LogP contribution in [0.4, 0.5) is 10.5 Å². The molecule has 0 saturated carbocycles. The quantitative estimate of drug-likeness (QED) is 0.363. The number of carbonyl (C=O) groups excluding carboxylic acids is 2. The second kappa shape index (κ2) is 8.58. The fourth-order valence-corrected chi connectivity index (χ4v) is 3.75. The van der Waals surface area contributed by atoms with Crippen LogP contribution >= 0.6 is 0 Å². The first-order chi connectivity index (χ1) is 15.8. The van der Waals surface area contributed by atoms with Gasteiger partial charge in [0.05, 0.1) is 35.0 Å². The Balaban J connectivity index is 1.96. The molecule has 1 atom stereocenters. The molecule has 168 valence electrons. The van der Waals surface area contributed by atoms with E-state index in [2.05, 4.69) is 10.4 Å². The number of methoxy groups -OCH3 is 1. The fourth-order valence-electron chi connectivity index (χ4n) is 3.75. The van der Waals surface area contributed by atoms with Gasteiger partial charge in [0, 0.05) is 42.2 Å². The van der Waals surface area contributed by atoms with Crippen molar-refractivity contribution in [1.29, 1.82) is 0 Å². The summed E-state index contributed by atoms with van der Waals surface area (Å²) in [5.41, 5.74) is 2.71. The molecule has 0 aliphatic carbocycles. The third kappa shape index (κ3) is 3.93. The molecule has 4 rings (SSSR count). The summed E-state index contributed by atoms with van der Waals surface area (Å²) >= 11 is 0. The van der Waals surface area contributed by atoms with Gasteiger partial charge in [0.2, 0.25) is 0 Å². The molecule has 2 aromatic carbocycles. The molecule has 2 amide bonds. The van der Waals surface area contributed by atoms with Gasteiger partial charge in [-0.05, 0) is 19.1 Å². The molecule has 0 saturated heterocycles. The van der Waals surface area contributed by atoms with Crippen LogP contribution in [0, 0.1) is 10.1 Å². The molecular formula is C23H21N5O5. The average molecular weight is 447 g/mol.